The van der Waals surface area contributed by atoms with Gasteiger partial charge in [0.25, 0.3) is 0 Å². The van der Waals surface area contributed by atoms with E-state index in [1.807, 2.05) is 6.92 Å². The molecular weight excluding hydrogens is 338 g/mol. The number of amides is 2. The van der Waals surface area contributed by atoms with Crippen LogP contribution in [-0.4, -0.2) is 26.2 Å². The minimum atomic E-state index is -4.68. The summed E-state index contributed by atoms with van der Waals surface area (Å²) < 4.78 is 48.0. The monoisotopic (exact) mass is 362 g/mol. The van der Waals surface area contributed by atoms with E-state index in [-0.39, 0.29) is 11.7 Å². The molecule has 2 N–H and O–H groups in total. The lowest BCUT2D eigenvalue weighted by atomic mass is 10.1. The van der Waals surface area contributed by atoms with E-state index in [2.05, 4.69) is 17.6 Å². The predicted molar refractivity (Wildman–Crippen MR) is 90.0 cm³/mol. The van der Waals surface area contributed by atoms with E-state index in [0.717, 1.165) is 44.2 Å². The molecule has 1 rings (SSSR count). The molecule has 24 heavy (non-hydrogen) atoms. The molecule has 0 aromatic heterocycles. The fourth-order valence-corrected chi connectivity index (χ4v) is 2.96. The smallest absolute Gasteiger partial charge is 0.335 e. The number of alkyl halides is 2. The second kappa shape index (κ2) is 9.56. The van der Waals surface area contributed by atoms with Crippen molar-refractivity contribution in [2.24, 2.45) is 0 Å². The summed E-state index contributed by atoms with van der Waals surface area (Å²) in [5.74, 6) is -3.50. The van der Waals surface area contributed by atoms with Crippen LogP contribution in [0, 0.1) is 0 Å². The highest BCUT2D eigenvalue weighted by molar-refractivity contribution is 7.91. The minimum Gasteiger partial charge on any atom is -0.335 e. The molecule has 1 aromatic rings. The van der Waals surface area contributed by atoms with Crippen molar-refractivity contribution in [3.8, 4) is 0 Å². The molecule has 0 bridgehead atoms. The number of benzene rings is 1. The van der Waals surface area contributed by atoms with Crippen molar-refractivity contribution in [1.82, 2.24) is 5.32 Å². The van der Waals surface area contributed by atoms with Crippen LogP contribution < -0.4 is 10.6 Å². The number of hydrogen-bond acceptors (Lipinski definition) is 3. The topological polar surface area (TPSA) is 75.3 Å². The Balaban J connectivity index is 2.59. The average Bonchev–Trinajstić information content (AvgIpc) is 2.51. The first-order valence-electron chi connectivity index (χ1n) is 7.97. The molecule has 8 heteroatoms. The maximum Gasteiger partial charge on any atom is 0.341 e. The fraction of sp³-hybridized carbons (Fsp3) is 0.562. The molecule has 2 amide bonds. The van der Waals surface area contributed by atoms with Crippen LogP contribution >= 0.6 is 0 Å². The Labute approximate surface area is 141 Å². The molecule has 0 saturated heterocycles. The molecule has 0 radical (unpaired) electrons. The molecule has 0 spiro atoms. The Morgan fingerprint density at radius 1 is 1.21 bits per heavy atom. The van der Waals surface area contributed by atoms with Crippen LogP contribution in [0.25, 0.3) is 0 Å². The molecule has 1 unspecified atom stereocenters. The average molecular weight is 362 g/mol. The number of sulfone groups is 1. The normalized spacial score (nSPS) is 12.9. The molecule has 0 aliphatic carbocycles. The van der Waals surface area contributed by atoms with Crippen molar-refractivity contribution in [2.45, 2.75) is 62.6 Å². The molecule has 1 aromatic carbocycles. The number of nitrogens with one attached hydrogen (secondary N) is 2. The third kappa shape index (κ3) is 6.43. The Morgan fingerprint density at radius 2 is 1.92 bits per heavy atom. The lowest BCUT2D eigenvalue weighted by Crippen LogP contribution is -2.36. The Bertz CT molecular complexity index is 636. The zero-order valence-corrected chi connectivity index (χ0v) is 14.7. The first-order valence-corrected chi connectivity index (χ1v) is 9.51. The second-order valence-corrected chi connectivity index (χ2v) is 7.60. The quantitative estimate of drug-likeness (QED) is 0.648. The van der Waals surface area contributed by atoms with E-state index in [9.17, 15) is 22.0 Å². The Morgan fingerprint density at radius 3 is 2.54 bits per heavy atom. The summed E-state index contributed by atoms with van der Waals surface area (Å²) in [5, 5.41) is 5.21. The van der Waals surface area contributed by atoms with Crippen LogP contribution in [0.4, 0.5) is 19.3 Å². The van der Waals surface area contributed by atoms with Crippen molar-refractivity contribution in [2.75, 3.05) is 5.32 Å². The maximum atomic E-state index is 12.6. The molecule has 136 valence electrons. The van der Waals surface area contributed by atoms with Gasteiger partial charge >= 0.3 is 11.8 Å². The minimum absolute atomic E-state index is 0.0326. The first-order chi connectivity index (χ1) is 11.3. The van der Waals surface area contributed by atoms with Crippen molar-refractivity contribution in [1.29, 1.82) is 0 Å². The molecule has 0 heterocycles. The second-order valence-electron chi connectivity index (χ2n) is 5.68. The summed E-state index contributed by atoms with van der Waals surface area (Å²) in [6, 6.07) is 4.31. The number of halogens is 2. The van der Waals surface area contributed by atoms with Crippen molar-refractivity contribution in [3.05, 3.63) is 24.3 Å². The number of anilines is 1. The van der Waals surface area contributed by atoms with Gasteiger partial charge in [0.05, 0.1) is 4.90 Å². The van der Waals surface area contributed by atoms with E-state index >= 15 is 0 Å². The van der Waals surface area contributed by atoms with Gasteiger partial charge in [-0.1, -0.05) is 38.7 Å². The summed E-state index contributed by atoms with van der Waals surface area (Å²) >= 11 is 0. The first kappa shape index (κ1) is 20.3. The molecule has 0 fully saturated rings. The summed E-state index contributed by atoms with van der Waals surface area (Å²) in [7, 11) is -4.68. The highest BCUT2D eigenvalue weighted by atomic mass is 32.2. The Kier molecular flexibility index (Phi) is 8.10. The molecule has 0 saturated carbocycles. The number of carbonyl (C=O) groups excluding carboxylic acids is 1. The predicted octanol–water partition coefficient (Wildman–Crippen LogP) is 4.16. The van der Waals surface area contributed by atoms with Crippen LogP contribution in [0.2, 0.25) is 0 Å². The van der Waals surface area contributed by atoms with Crippen LogP contribution in [0.5, 0.6) is 0 Å². The van der Waals surface area contributed by atoms with E-state index in [1.165, 1.54) is 12.1 Å². The molecule has 5 nitrogen and oxygen atoms in total. The summed E-state index contributed by atoms with van der Waals surface area (Å²) in [4.78, 5) is 11.4. The van der Waals surface area contributed by atoms with Gasteiger partial charge in [-0.25, -0.2) is 13.2 Å². The third-order valence-electron chi connectivity index (χ3n) is 3.52. The van der Waals surface area contributed by atoms with Gasteiger partial charge in [0, 0.05) is 11.7 Å². The summed E-state index contributed by atoms with van der Waals surface area (Å²) in [6.45, 7) is 4.00. The van der Waals surface area contributed by atoms with Crippen molar-refractivity contribution >= 4 is 21.6 Å². The van der Waals surface area contributed by atoms with Crippen LogP contribution in [0.3, 0.4) is 0 Å². The van der Waals surface area contributed by atoms with E-state index < -0.39 is 26.5 Å². The fourth-order valence-electron chi connectivity index (χ4n) is 2.19. The lowest BCUT2D eigenvalue weighted by molar-refractivity contribution is 0.235. The Hall–Kier alpha value is -1.70. The van der Waals surface area contributed by atoms with Gasteiger partial charge in [0.1, 0.15) is 0 Å². The SMILES string of the molecule is CCCCCCC(C)NC(=O)Nc1cccc(S(=O)(=O)C(F)F)c1. The van der Waals surface area contributed by atoms with Crippen LogP contribution in [0.1, 0.15) is 46.0 Å². The highest BCUT2D eigenvalue weighted by Gasteiger charge is 2.26. The van der Waals surface area contributed by atoms with E-state index in [0.29, 0.717) is 0 Å². The molecule has 1 atom stereocenters. The molecule has 0 aliphatic rings. The van der Waals surface area contributed by atoms with Gasteiger partial charge in [0.15, 0.2) is 0 Å². The molecular formula is C16H24F2N2O3S. The number of rotatable bonds is 9. The van der Waals surface area contributed by atoms with Crippen LogP contribution in [0.15, 0.2) is 29.2 Å². The van der Waals surface area contributed by atoms with Gasteiger partial charge in [0.2, 0.25) is 9.84 Å². The third-order valence-corrected chi connectivity index (χ3v) is 4.90. The van der Waals surface area contributed by atoms with Gasteiger partial charge in [-0.2, -0.15) is 8.78 Å². The lowest BCUT2D eigenvalue weighted by Gasteiger charge is -2.15. The van der Waals surface area contributed by atoms with E-state index in [4.69, 9.17) is 0 Å². The van der Waals surface area contributed by atoms with Gasteiger partial charge in [-0.05, 0) is 31.5 Å². The largest absolute Gasteiger partial charge is 0.341 e. The summed E-state index contributed by atoms with van der Waals surface area (Å²) in [5.41, 5.74) is 0.146. The van der Waals surface area contributed by atoms with Crippen molar-refractivity contribution in [3.63, 3.8) is 0 Å². The highest BCUT2D eigenvalue weighted by Crippen LogP contribution is 2.21. The van der Waals surface area contributed by atoms with Crippen LogP contribution in [-0.2, 0) is 9.84 Å². The number of urea groups is 1. The standard InChI is InChI=1S/C16H24F2N2O3S/c1-3-4-5-6-8-12(2)19-16(21)20-13-9-7-10-14(11-13)24(22,23)15(17)18/h7,9-12,15H,3-6,8H2,1-2H3,(H2,19,20,21). The van der Waals surface area contributed by atoms with Crippen molar-refractivity contribution < 1.29 is 22.0 Å². The van der Waals surface area contributed by atoms with Gasteiger partial charge < -0.3 is 10.6 Å². The zero-order valence-electron chi connectivity index (χ0n) is 13.9. The summed E-state index contributed by atoms with van der Waals surface area (Å²) in [6.07, 6.45) is 5.26. The number of carbonyl (C=O) groups is 1. The number of hydrogen-bond donors (Lipinski definition) is 2. The van der Waals surface area contributed by atoms with E-state index in [1.54, 1.807) is 0 Å². The maximum absolute atomic E-state index is 12.6. The number of unbranched alkanes of at least 4 members (excludes halogenated alkanes) is 3. The van der Waals surface area contributed by atoms with Gasteiger partial charge in [-0.15, -0.1) is 0 Å². The zero-order chi connectivity index (χ0) is 18.2. The molecule has 0 aliphatic heterocycles. The van der Waals surface area contributed by atoms with Gasteiger partial charge in [-0.3, -0.25) is 0 Å².